The summed E-state index contributed by atoms with van der Waals surface area (Å²) in [5.41, 5.74) is 1.75. The van der Waals surface area contributed by atoms with Crippen molar-refractivity contribution in [3.8, 4) is 5.75 Å². The number of thiazole rings is 1. The Morgan fingerprint density at radius 3 is 2.90 bits per heavy atom. The molecule has 1 aromatic heterocycles. The predicted octanol–water partition coefficient (Wildman–Crippen LogP) is 1.54. The maximum atomic E-state index is 11.8. The molecule has 1 N–H and O–H groups in total. The van der Waals surface area contributed by atoms with Gasteiger partial charge in [-0.3, -0.25) is 14.2 Å². The summed E-state index contributed by atoms with van der Waals surface area (Å²) >= 11 is 1.10. The average Bonchev–Trinajstić information content (AvgIpc) is 2.77. The summed E-state index contributed by atoms with van der Waals surface area (Å²) in [7, 11) is 1.60. The standard InChI is InChI=1S/C14H16N2O3S/c1-10-9-20-14(18)16(10)8-13(17)15-7-11-4-3-5-12(6-11)19-2/h3-6,9H,7-8H2,1-2H3,(H,15,17). The van der Waals surface area contributed by atoms with Crippen molar-refractivity contribution in [3.05, 3.63) is 50.6 Å². The maximum Gasteiger partial charge on any atom is 0.307 e. The van der Waals surface area contributed by atoms with Crippen LogP contribution in [-0.2, 0) is 17.9 Å². The van der Waals surface area contributed by atoms with Crippen molar-refractivity contribution in [1.29, 1.82) is 0 Å². The minimum absolute atomic E-state index is 0.0537. The highest BCUT2D eigenvalue weighted by atomic mass is 32.1. The van der Waals surface area contributed by atoms with E-state index in [0.717, 1.165) is 28.3 Å². The van der Waals surface area contributed by atoms with Crippen LogP contribution >= 0.6 is 11.3 Å². The van der Waals surface area contributed by atoms with Crippen LogP contribution in [0.25, 0.3) is 0 Å². The number of nitrogens with zero attached hydrogens (tertiary/aromatic N) is 1. The summed E-state index contributed by atoms with van der Waals surface area (Å²) in [5, 5.41) is 4.54. The van der Waals surface area contributed by atoms with Crippen LogP contribution in [0.5, 0.6) is 5.75 Å². The van der Waals surface area contributed by atoms with Crippen LogP contribution in [0.1, 0.15) is 11.3 Å². The van der Waals surface area contributed by atoms with Gasteiger partial charge in [0, 0.05) is 17.6 Å². The molecule has 0 radical (unpaired) electrons. The number of carbonyl (C=O) groups excluding carboxylic acids is 1. The molecule has 0 bridgehead atoms. The number of nitrogens with one attached hydrogen (secondary N) is 1. The molecule has 0 aliphatic carbocycles. The fraction of sp³-hybridized carbons (Fsp3) is 0.286. The van der Waals surface area contributed by atoms with Crippen LogP contribution < -0.4 is 14.9 Å². The van der Waals surface area contributed by atoms with Crippen LogP contribution in [-0.4, -0.2) is 17.6 Å². The molecule has 0 unspecified atom stereocenters. The molecule has 1 amide bonds. The third-order valence-corrected chi connectivity index (χ3v) is 3.78. The van der Waals surface area contributed by atoms with E-state index in [9.17, 15) is 9.59 Å². The van der Waals surface area contributed by atoms with Gasteiger partial charge in [-0.1, -0.05) is 23.5 Å². The first-order valence-electron chi connectivity index (χ1n) is 6.14. The van der Waals surface area contributed by atoms with Gasteiger partial charge in [-0.25, -0.2) is 0 Å². The van der Waals surface area contributed by atoms with Crippen molar-refractivity contribution in [2.75, 3.05) is 7.11 Å². The molecule has 1 aromatic carbocycles. The molecular formula is C14H16N2O3S. The van der Waals surface area contributed by atoms with Gasteiger partial charge in [0.25, 0.3) is 0 Å². The van der Waals surface area contributed by atoms with Gasteiger partial charge < -0.3 is 10.1 Å². The SMILES string of the molecule is COc1cccc(CNC(=O)Cn2c(C)csc2=O)c1. The lowest BCUT2D eigenvalue weighted by atomic mass is 10.2. The summed E-state index contributed by atoms with van der Waals surface area (Å²) in [6.07, 6.45) is 0. The minimum Gasteiger partial charge on any atom is -0.497 e. The van der Waals surface area contributed by atoms with E-state index in [1.807, 2.05) is 31.2 Å². The lowest BCUT2D eigenvalue weighted by Crippen LogP contribution is -2.30. The zero-order chi connectivity index (χ0) is 14.5. The third-order valence-electron chi connectivity index (χ3n) is 2.90. The number of carbonyl (C=O) groups is 1. The lowest BCUT2D eigenvalue weighted by Gasteiger charge is -2.08. The fourth-order valence-electron chi connectivity index (χ4n) is 1.78. The molecule has 0 aliphatic heterocycles. The second-order valence-corrected chi connectivity index (χ2v) is 5.18. The van der Waals surface area contributed by atoms with Gasteiger partial charge >= 0.3 is 4.87 Å². The maximum absolute atomic E-state index is 11.8. The quantitative estimate of drug-likeness (QED) is 0.909. The Morgan fingerprint density at radius 1 is 1.45 bits per heavy atom. The number of benzene rings is 1. The molecule has 20 heavy (non-hydrogen) atoms. The van der Waals surface area contributed by atoms with Crippen molar-refractivity contribution >= 4 is 17.2 Å². The monoisotopic (exact) mass is 292 g/mol. The first-order chi connectivity index (χ1) is 9.60. The summed E-state index contributed by atoms with van der Waals surface area (Å²) < 4.78 is 6.59. The van der Waals surface area contributed by atoms with Crippen molar-refractivity contribution in [1.82, 2.24) is 9.88 Å². The summed E-state index contributed by atoms with van der Waals surface area (Å²) in [4.78, 5) is 23.3. The molecule has 0 atom stereocenters. The van der Waals surface area contributed by atoms with Crippen molar-refractivity contribution in [2.45, 2.75) is 20.0 Å². The van der Waals surface area contributed by atoms with E-state index in [1.165, 1.54) is 4.57 Å². The number of hydrogen-bond donors (Lipinski definition) is 1. The highest BCUT2D eigenvalue weighted by molar-refractivity contribution is 7.07. The molecule has 1 heterocycles. The number of aryl methyl sites for hydroxylation is 1. The van der Waals surface area contributed by atoms with E-state index >= 15 is 0 Å². The number of amides is 1. The normalized spacial score (nSPS) is 10.3. The van der Waals surface area contributed by atoms with Gasteiger partial charge in [-0.05, 0) is 24.6 Å². The molecular weight excluding hydrogens is 276 g/mol. The zero-order valence-corrected chi connectivity index (χ0v) is 12.2. The van der Waals surface area contributed by atoms with Gasteiger partial charge in [0.15, 0.2) is 0 Å². The van der Waals surface area contributed by atoms with Crippen molar-refractivity contribution in [3.63, 3.8) is 0 Å². The molecule has 0 saturated heterocycles. The Balaban J connectivity index is 1.94. The van der Waals surface area contributed by atoms with Crippen molar-refractivity contribution in [2.24, 2.45) is 0 Å². The van der Waals surface area contributed by atoms with E-state index in [2.05, 4.69) is 5.32 Å². The van der Waals surface area contributed by atoms with Gasteiger partial charge in [-0.2, -0.15) is 0 Å². The Labute approximate surface area is 120 Å². The van der Waals surface area contributed by atoms with Crippen LogP contribution in [0.3, 0.4) is 0 Å². The van der Waals surface area contributed by atoms with Crippen LogP contribution in [0.4, 0.5) is 0 Å². The molecule has 0 aliphatic rings. The van der Waals surface area contributed by atoms with Gasteiger partial charge in [0.1, 0.15) is 12.3 Å². The summed E-state index contributed by atoms with van der Waals surface area (Å²) in [6, 6.07) is 7.49. The number of ether oxygens (including phenoxy) is 1. The largest absolute Gasteiger partial charge is 0.497 e. The Kier molecular flexibility index (Phi) is 4.57. The van der Waals surface area contributed by atoms with Crippen LogP contribution in [0.15, 0.2) is 34.4 Å². The first kappa shape index (κ1) is 14.3. The van der Waals surface area contributed by atoms with Crippen LogP contribution in [0, 0.1) is 6.92 Å². The second-order valence-electron chi connectivity index (χ2n) is 4.36. The fourth-order valence-corrected chi connectivity index (χ4v) is 2.51. The van der Waals surface area contributed by atoms with Crippen LogP contribution in [0.2, 0.25) is 0 Å². The predicted molar refractivity (Wildman–Crippen MR) is 78.2 cm³/mol. The number of methoxy groups -OCH3 is 1. The molecule has 0 spiro atoms. The van der Waals surface area contributed by atoms with Gasteiger partial charge in [0.05, 0.1) is 7.11 Å². The molecule has 6 heteroatoms. The number of hydrogen-bond acceptors (Lipinski definition) is 4. The van der Waals surface area contributed by atoms with Crippen molar-refractivity contribution < 1.29 is 9.53 Å². The van der Waals surface area contributed by atoms with E-state index in [-0.39, 0.29) is 17.3 Å². The molecule has 0 saturated carbocycles. The molecule has 2 rings (SSSR count). The van der Waals surface area contributed by atoms with E-state index in [4.69, 9.17) is 4.74 Å². The highest BCUT2D eigenvalue weighted by Gasteiger charge is 2.08. The summed E-state index contributed by atoms with van der Waals surface area (Å²) in [5.74, 6) is 0.568. The molecule has 2 aromatic rings. The van der Waals surface area contributed by atoms with Gasteiger partial charge in [-0.15, -0.1) is 0 Å². The van der Waals surface area contributed by atoms with E-state index < -0.39 is 0 Å². The van der Waals surface area contributed by atoms with E-state index in [1.54, 1.807) is 12.5 Å². The molecule has 5 nitrogen and oxygen atoms in total. The zero-order valence-electron chi connectivity index (χ0n) is 11.4. The molecule has 0 fully saturated rings. The number of aromatic nitrogens is 1. The summed E-state index contributed by atoms with van der Waals surface area (Å²) in [6.45, 7) is 2.28. The second kappa shape index (κ2) is 6.38. The average molecular weight is 292 g/mol. The lowest BCUT2D eigenvalue weighted by molar-refractivity contribution is -0.121. The van der Waals surface area contributed by atoms with Gasteiger partial charge in [0.2, 0.25) is 5.91 Å². The smallest absolute Gasteiger partial charge is 0.307 e. The third kappa shape index (κ3) is 3.48. The topological polar surface area (TPSA) is 60.3 Å². The Bertz CT molecular complexity index is 660. The Morgan fingerprint density at radius 2 is 2.25 bits per heavy atom. The number of rotatable bonds is 5. The minimum atomic E-state index is -0.184. The first-order valence-corrected chi connectivity index (χ1v) is 7.02. The van der Waals surface area contributed by atoms with E-state index in [0.29, 0.717) is 6.54 Å². The highest BCUT2D eigenvalue weighted by Crippen LogP contribution is 2.12. The Hall–Kier alpha value is -2.08. The molecule has 106 valence electrons.